The van der Waals surface area contributed by atoms with Gasteiger partial charge in [-0.15, -0.1) is 0 Å². The van der Waals surface area contributed by atoms with Gasteiger partial charge in [-0.25, -0.2) is 0 Å². The second-order valence-electron chi connectivity index (χ2n) is 14.6. The van der Waals surface area contributed by atoms with Crippen LogP contribution < -0.4 is 4.90 Å². The fourth-order valence-electron chi connectivity index (χ4n) is 7.93. The van der Waals surface area contributed by atoms with Crippen molar-refractivity contribution in [2.75, 3.05) is 4.90 Å². The second kappa shape index (κ2) is 15.5. The van der Waals surface area contributed by atoms with Crippen LogP contribution in [-0.2, 0) is 0 Å². The van der Waals surface area contributed by atoms with E-state index in [1.165, 1.54) is 33.4 Å². The molecule has 0 saturated heterocycles. The van der Waals surface area contributed by atoms with Gasteiger partial charge in [0, 0.05) is 27.9 Å². The molecule has 0 aliphatic carbocycles. The van der Waals surface area contributed by atoms with Gasteiger partial charge in [0.25, 0.3) is 0 Å². The summed E-state index contributed by atoms with van der Waals surface area (Å²) < 4.78 is 6.22. The van der Waals surface area contributed by atoms with E-state index in [0.29, 0.717) is 0 Å². The van der Waals surface area contributed by atoms with Gasteiger partial charge < -0.3 is 9.32 Å². The molecule has 274 valence electrons. The molecule has 0 radical (unpaired) electrons. The maximum Gasteiger partial charge on any atom is 0.135 e. The molecular formula is C56H39NO. The number of furan rings is 1. The van der Waals surface area contributed by atoms with E-state index in [2.05, 4.69) is 223 Å². The number of rotatable bonds is 9. The average molecular weight is 742 g/mol. The first-order chi connectivity index (χ1) is 28.7. The van der Waals surface area contributed by atoms with Gasteiger partial charge in [0.15, 0.2) is 0 Å². The van der Waals surface area contributed by atoms with Crippen molar-refractivity contribution in [3.63, 3.8) is 0 Å². The molecule has 10 rings (SSSR count). The molecule has 0 unspecified atom stereocenters. The van der Waals surface area contributed by atoms with Gasteiger partial charge in [0.1, 0.15) is 11.3 Å². The van der Waals surface area contributed by atoms with E-state index in [4.69, 9.17) is 4.42 Å². The molecule has 0 fully saturated rings. The SMILES string of the molecule is c1ccc(-c2cc(-c3ccccc3)cc(-c3ccc(N(c4ccc(-c5cccc(-c6cc7ccccc7o6)c5)cc4)c4ccccc4-c4ccccc4)cc3)c2)cc1. The van der Waals surface area contributed by atoms with Crippen LogP contribution in [0.2, 0.25) is 0 Å². The van der Waals surface area contributed by atoms with E-state index in [9.17, 15) is 0 Å². The molecule has 0 amide bonds. The summed E-state index contributed by atoms with van der Waals surface area (Å²) in [7, 11) is 0. The van der Waals surface area contributed by atoms with Crippen molar-refractivity contribution in [2.45, 2.75) is 0 Å². The highest BCUT2D eigenvalue weighted by molar-refractivity contribution is 5.90. The van der Waals surface area contributed by atoms with Crippen molar-refractivity contribution in [1.82, 2.24) is 0 Å². The average Bonchev–Trinajstić information content (AvgIpc) is 3.75. The smallest absolute Gasteiger partial charge is 0.135 e. The van der Waals surface area contributed by atoms with Gasteiger partial charge in [-0.2, -0.15) is 0 Å². The minimum atomic E-state index is 0.870. The minimum Gasteiger partial charge on any atom is -0.456 e. The standard InChI is InChI=1S/C56H39NO/c1-4-15-40(16-5-1)48-36-49(41-17-6-2-7-18-41)38-50(37-48)43-29-33-52(34-30-43)57(54-25-12-11-24-53(54)44-19-8-3-9-20-44)51-31-27-42(28-32-51)45-22-14-23-46(35-45)56-39-47-21-10-13-26-55(47)58-56/h1-39H. The summed E-state index contributed by atoms with van der Waals surface area (Å²) in [5.41, 5.74) is 17.0. The molecule has 58 heavy (non-hydrogen) atoms. The Labute approximate surface area is 339 Å². The van der Waals surface area contributed by atoms with E-state index in [1.54, 1.807) is 0 Å². The lowest BCUT2D eigenvalue weighted by Gasteiger charge is -2.28. The van der Waals surface area contributed by atoms with Crippen LogP contribution in [0.5, 0.6) is 0 Å². The highest BCUT2D eigenvalue weighted by Gasteiger charge is 2.18. The quantitative estimate of drug-likeness (QED) is 0.146. The van der Waals surface area contributed by atoms with Gasteiger partial charge >= 0.3 is 0 Å². The third-order valence-corrected chi connectivity index (χ3v) is 10.9. The lowest BCUT2D eigenvalue weighted by atomic mass is 9.93. The zero-order chi connectivity index (χ0) is 38.7. The van der Waals surface area contributed by atoms with Crippen molar-refractivity contribution in [3.05, 3.63) is 237 Å². The van der Waals surface area contributed by atoms with Crippen LogP contribution in [0, 0.1) is 0 Å². The predicted octanol–water partition coefficient (Wildman–Crippen LogP) is 15.9. The summed E-state index contributed by atoms with van der Waals surface area (Å²) in [6.07, 6.45) is 0. The summed E-state index contributed by atoms with van der Waals surface area (Å²) in [4.78, 5) is 2.37. The molecule has 2 nitrogen and oxygen atoms in total. The van der Waals surface area contributed by atoms with Gasteiger partial charge in [0.2, 0.25) is 0 Å². The molecular weight excluding hydrogens is 703 g/mol. The molecule has 0 N–H and O–H groups in total. The topological polar surface area (TPSA) is 16.4 Å². The number of anilines is 3. The summed E-state index contributed by atoms with van der Waals surface area (Å²) in [5, 5.41) is 1.11. The van der Waals surface area contributed by atoms with E-state index in [1.807, 2.05) is 18.2 Å². The molecule has 10 aromatic rings. The molecule has 2 heteroatoms. The largest absolute Gasteiger partial charge is 0.456 e. The van der Waals surface area contributed by atoms with Gasteiger partial charge in [-0.3, -0.25) is 0 Å². The zero-order valence-electron chi connectivity index (χ0n) is 31.9. The summed E-state index contributed by atoms with van der Waals surface area (Å²) in [6.45, 7) is 0. The lowest BCUT2D eigenvalue weighted by molar-refractivity contribution is 0.631. The van der Waals surface area contributed by atoms with Gasteiger partial charge in [-0.1, -0.05) is 170 Å². The predicted molar refractivity (Wildman–Crippen MR) is 244 cm³/mol. The first-order valence-electron chi connectivity index (χ1n) is 19.7. The molecule has 9 aromatic carbocycles. The fraction of sp³-hybridized carbons (Fsp3) is 0. The normalized spacial score (nSPS) is 11.1. The second-order valence-corrected chi connectivity index (χ2v) is 14.6. The van der Waals surface area contributed by atoms with E-state index in [-0.39, 0.29) is 0 Å². The summed E-state index contributed by atoms with van der Waals surface area (Å²) in [5.74, 6) is 0.870. The Hall–Kier alpha value is -7.68. The third-order valence-electron chi connectivity index (χ3n) is 10.9. The van der Waals surface area contributed by atoms with Crippen LogP contribution in [0.4, 0.5) is 17.1 Å². The van der Waals surface area contributed by atoms with Gasteiger partial charge in [-0.05, 0) is 117 Å². The Morgan fingerprint density at radius 1 is 0.276 bits per heavy atom. The van der Waals surface area contributed by atoms with Crippen molar-refractivity contribution >= 4 is 28.0 Å². The van der Waals surface area contributed by atoms with Crippen LogP contribution in [-0.4, -0.2) is 0 Å². The van der Waals surface area contributed by atoms with Crippen molar-refractivity contribution in [3.8, 4) is 67.0 Å². The van der Waals surface area contributed by atoms with Crippen molar-refractivity contribution in [2.24, 2.45) is 0 Å². The summed E-state index contributed by atoms with van der Waals surface area (Å²) >= 11 is 0. The highest BCUT2D eigenvalue weighted by Crippen LogP contribution is 2.42. The van der Waals surface area contributed by atoms with Crippen molar-refractivity contribution < 1.29 is 4.42 Å². The van der Waals surface area contributed by atoms with Crippen LogP contribution in [0.25, 0.3) is 77.9 Å². The Morgan fingerprint density at radius 3 is 1.29 bits per heavy atom. The Kier molecular flexibility index (Phi) is 9.27. The molecule has 0 aliphatic heterocycles. The Morgan fingerprint density at radius 2 is 0.707 bits per heavy atom. The molecule has 0 atom stereocenters. The van der Waals surface area contributed by atoms with Crippen LogP contribution in [0.15, 0.2) is 241 Å². The summed E-state index contributed by atoms with van der Waals surface area (Å²) in [6, 6.07) is 84.3. The maximum absolute atomic E-state index is 6.22. The van der Waals surface area contributed by atoms with Crippen molar-refractivity contribution in [1.29, 1.82) is 0 Å². The van der Waals surface area contributed by atoms with E-state index < -0.39 is 0 Å². The number of para-hydroxylation sites is 2. The molecule has 1 aromatic heterocycles. The number of nitrogens with zero attached hydrogens (tertiary/aromatic N) is 1. The first-order valence-corrected chi connectivity index (χ1v) is 19.7. The lowest BCUT2D eigenvalue weighted by Crippen LogP contribution is -2.11. The molecule has 0 aliphatic rings. The van der Waals surface area contributed by atoms with Crippen LogP contribution in [0.1, 0.15) is 0 Å². The maximum atomic E-state index is 6.22. The van der Waals surface area contributed by atoms with Crippen LogP contribution in [0.3, 0.4) is 0 Å². The Bertz CT molecular complexity index is 2880. The number of fused-ring (bicyclic) bond motifs is 1. The van der Waals surface area contributed by atoms with Gasteiger partial charge in [0.05, 0.1) is 5.69 Å². The molecule has 0 spiro atoms. The molecule has 0 bridgehead atoms. The monoisotopic (exact) mass is 741 g/mol. The number of benzene rings is 9. The van der Waals surface area contributed by atoms with E-state index in [0.717, 1.165) is 61.6 Å². The first kappa shape index (κ1) is 34.8. The number of hydrogen-bond acceptors (Lipinski definition) is 2. The minimum absolute atomic E-state index is 0.870. The highest BCUT2D eigenvalue weighted by atomic mass is 16.3. The zero-order valence-corrected chi connectivity index (χ0v) is 31.9. The fourth-order valence-corrected chi connectivity index (χ4v) is 7.93. The molecule has 1 heterocycles. The van der Waals surface area contributed by atoms with Crippen LogP contribution >= 0.6 is 0 Å². The molecule has 0 saturated carbocycles. The van der Waals surface area contributed by atoms with E-state index >= 15 is 0 Å². The Balaban J connectivity index is 1.04. The third kappa shape index (κ3) is 7.00. The number of hydrogen-bond donors (Lipinski definition) is 0.